The van der Waals surface area contributed by atoms with Gasteiger partial charge in [0.1, 0.15) is 6.04 Å². The molecule has 0 bridgehead atoms. The monoisotopic (exact) mass is 321 g/mol. The maximum atomic E-state index is 12.3. The van der Waals surface area contributed by atoms with E-state index in [4.69, 9.17) is 5.73 Å². The smallest absolute Gasteiger partial charge is 0.316 e. The second-order valence-corrected chi connectivity index (χ2v) is 4.11. The molecule has 0 spiro atoms. The van der Waals surface area contributed by atoms with Crippen LogP contribution in [0, 0.1) is 0 Å². The van der Waals surface area contributed by atoms with E-state index in [1.165, 1.54) is 0 Å². The number of alkyl halides is 6. The highest BCUT2D eigenvalue weighted by atomic mass is 79.9. The van der Waals surface area contributed by atoms with Gasteiger partial charge in [-0.2, -0.15) is 26.3 Å². The molecule has 0 amide bonds. The van der Waals surface area contributed by atoms with Crippen LogP contribution in [0.3, 0.4) is 0 Å². The van der Waals surface area contributed by atoms with Crippen molar-refractivity contribution in [3.05, 3.63) is 33.8 Å². The standard InChI is InChI=1S/C9H6BrF6N/c10-6-2-1-4(8(11,12)13)3-5(6)7(17)9(14,15)16/h1-3,7H,17H2/t7-/m0/s1. The van der Waals surface area contributed by atoms with Crippen LogP contribution in [0.1, 0.15) is 17.2 Å². The Morgan fingerprint density at radius 2 is 1.59 bits per heavy atom. The number of halogens is 7. The molecule has 1 rings (SSSR count). The van der Waals surface area contributed by atoms with Crippen LogP contribution in [0.15, 0.2) is 22.7 Å². The summed E-state index contributed by atoms with van der Waals surface area (Å²) < 4.78 is 73.8. The molecule has 0 radical (unpaired) electrons. The van der Waals surface area contributed by atoms with Gasteiger partial charge in [0.25, 0.3) is 0 Å². The zero-order chi connectivity index (χ0) is 13.4. The van der Waals surface area contributed by atoms with E-state index in [1.54, 1.807) is 0 Å². The van der Waals surface area contributed by atoms with Gasteiger partial charge >= 0.3 is 12.4 Å². The van der Waals surface area contributed by atoms with Crippen molar-refractivity contribution in [2.75, 3.05) is 0 Å². The van der Waals surface area contributed by atoms with Crippen molar-refractivity contribution in [2.24, 2.45) is 5.73 Å². The van der Waals surface area contributed by atoms with Crippen LogP contribution in [0.5, 0.6) is 0 Å². The molecule has 17 heavy (non-hydrogen) atoms. The van der Waals surface area contributed by atoms with E-state index in [2.05, 4.69) is 15.9 Å². The van der Waals surface area contributed by atoms with Crippen LogP contribution in [0.4, 0.5) is 26.3 Å². The molecule has 1 nitrogen and oxygen atoms in total. The van der Waals surface area contributed by atoms with Crippen molar-refractivity contribution >= 4 is 15.9 Å². The van der Waals surface area contributed by atoms with Crippen molar-refractivity contribution in [3.63, 3.8) is 0 Å². The van der Waals surface area contributed by atoms with E-state index < -0.39 is 29.5 Å². The maximum Gasteiger partial charge on any atom is 0.416 e. The van der Waals surface area contributed by atoms with Gasteiger partial charge in [-0.15, -0.1) is 0 Å². The SMILES string of the molecule is N[C@@H](c1cc(C(F)(F)F)ccc1Br)C(F)(F)F. The number of hydrogen-bond donors (Lipinski definition) is 1. The lowest BCUT2D eigenvalue weighted by Crippen LogP contribution is -2.29. The minimum atomic E-state index is -4.80. The fraction of sp³-hybridized carbons (Fsp3) is 0.333. The molecule has 0 saturated heterocycles. The van der Waals surface area contributed by atoms with Crippen LogP contribution >= 0.6 is 15.9 Å². The zero-order valence-electron chi connectivity index (χ0n) is 8.03. The van der Waals surface area contributed by atoms with Crippen molar-refractivity contribution in [1.82, 2.24) is 0 Å². The molecule has 0 aliphatic heterocycles. The Bertz CT molecular complexity index is 411. The first-order chi connectivity index (χ1) is 7.53. The third-order valence-corrected chi connectivity index (χ3v) is 2.73. The first-order valence-corrected chi connectivity index (χ1v) is 5.01. The first kappa shape index (κ1) is 14.3. The molecule has 0 heterocycles. The largest absolute Gasteiger partial charge is 0.416 e. The van der Waals surface area contributed by atoms with Crippen LogP contribution in [0.2, 0.25) is 0 Å². The molecule has 0 aromatic heterocycles. The zero-order valence-corrected chi connectivity index (χ0v) is 9.62. The summed E-state index contributed by atoms with van der Waals surface area (Å²) in [5.41, 5.74) is 3.05. The maximum absolute atomic E-state index is 12.3. The molecular weight excluding hydrogens is 316 g/mol. The Morgan fingerprint density at radius 1 is 1.06 bits per heavy atom. The summed E-state index contributed by atoms with van der Waals surface area (Å²) >= 11 is 2.74. The van der Waals surface area contributed by atoms with Gasteiger partial charge in [-0.3, -0.25) is 0 Å². The summed E-state index contributed by atoms with van der Waals surface area (Å²) in [6.45, 7) is 0. The van der Waals surface area contributed by atoms with Gasteiger partial charge in [-0.25, -0.2) is 0 Å². The average Bonchev–Trinajstić information content (AvgIpc) is 2.14. The van der Waals surface area contributed by atoms with Crippen LogP contribution < -0.4 is 5.73 Å². The van der Waals surface area contributed by atoms with Gasteiger partial charge in [0.15, 0.2) is 0 Å². The van der Waals surface area contributed by atoms with Crippen LogP contribution in [0.25, 0.3) is 0 Å². The summed E-state index contributed by atoms with van der Waals surface area (Å²) in [6, 6.07) is -0.498. The number of rotatable bonds is 1. The fourth-order valence-corrected chi connectivity index (χ4v) is 1.63. The van der Waals surface area contributed by atoms with E-state index in [1.807, 2.05) is 0 Å². The van der Waals surface area contributed by atoms with Gasteiger partial charge in [-0.05, 0) is 23.8 Å². The van der Waals surface area contributed by atoms with E-state index in [9.17, 15) is 26.3 Å². The molecule has 1 aromatic carbocycles. The summed E-state index contributed by atoms with van der Waals surface area (Å²) in [5, 5.41) is 0. The molecular formula is C9H6BrF6N. The van der Waals surface area contributed by atoms with Crippen molar-refractivity contribution < 1.29 is 26.3 Å². The summed E-state index contributed by atoms with van der Waals surface area (Å²) in [7, 11) is 0. The van der Waals surface area contributed by atoms with E-state index in [0.29, 0.717) is 12.1 Å². The number of hydrogen-bond acceptors (Lipinski definition) is 1. The van der Waals surface area contributed by atoms with E-state index in [-0.39, 0.29) is 4.47 Å². The summed E-state index contributed by atoms with van der Waals surface area (Å²) in [5.74, 6) is 0. The summed E-state index contributed by atoms with van der Waals surface area (Å²) in [4.78, 5) is 0. The van der Waals surface area contributed by atoms with Crippen molar-refractivity contribution in [3.8, 4) is 0 Å². The Balaban J connectivity index is 3.25. The Kier molecular flexibility index (Phi) is 3.78. The third-order valence-electron chi connectivity index (χ3n) is 2.01. The van der Waals surface area contributed by atoms with Gasteiger partial charge in [-0.1, -0.05) is 15.9 Å². The second-order valence-electron chi connectivity index (χ2n) is 3.25. The molecule has 0 saturated carbocycles. The van der Waals surface area contributed by atoms with E-state index >= 15 is 0 Å². The molecule has 0 aliphatic rings. The quantitative estimate of drug-likeness (QED) is 0.776. The molecule has 0 aliphatic carbocycles. The van der Waals surface area contributed by atoms with Gasteiger partial charge in [0.05, 0.1) is 5.56 Å². The predicted molar refractivity (Wildman–Crippen MR) is 52.1 cm³/mol. The first-order valence-electron chi connectivity index (χ1n) is 4.22. The predicted octanol–water partition coefficient (Wildman–Crippen LogP) is 4.03. The van der Waals surface area contributed by atoms with Gasteiger partial charge in [0.2, 0.25) is 0 Å². The minimum Gasteiger partial charge on any atom is -0.316 e. The minimum absolute atomic E-state index is 0.115. The average molecular weight is 322 g/mol. The normalized spacial score (nSPS) is 14.8. The lowest BCUT2D eigenvalue weighted by atomic mass is 10.0. The van der Waals surface area contributed by atoms with Crippen molar-refractivity contribution in [2.45, 2.75) is 18.4 Å². The molecule has 0 unspecified atom stereocenters. The Labute approximate surface area is 101 Å². The van der Waals surface area contributed by atoms with Crippen LogP contribution in [-0.2, 0) is 6.18 Å². The topological polar surface area (TPSA) is 26.0 Å². The lowest BCUT2D eigenvalue weighted by molar-refractivity contribution is -0.150. The van der Waals surface area contributed by atoms with Crippen molar-refractivity contribution in [1.29, 1.82) is 0 Å². The highest BCUT2D eigenvalue weighted by Crippen LogP contribution is 2.38. The Morgan fingerprint density at radius 3 is 2.00 bits per heavy atom. The Hall–Kier alpha value is -0.760. The lowest BCUT2D eigenvalue weighted by Gasteiger charge is -2.18. The molecule has 96 valence electrons. The van der Waals surface area contributed by atoms with Gasteiger partial charge in [0, 0.05) is 4.47 Å². The summed E-state index contributed by atoms with van der Waals surface area (Å²) in [6.07, 6.45) is -9.51. The number of benzene rings is 1. The molecule has 8 heteroatoms. The third kappa shape index (κ3) is 3.35. The van der Waals surface area contributed by atoms with E-state index in [0.717, 1.165) is 6.07 Å². The highest BCUT2D eigenvalue weighted by molar-refractivity contribution is 9.10. The molecule has 1 aromatic rings. The van der Waals surface area contributed by atoms with Crippen LogP contribution in [-0.4, -0.2) is 6.18 Å². The highest BCUT2D eigenvalue weighted by Gasteiger charge is 2.40. The molecule has 1 atom stereocenters. The molecule has 2 N–H and O–H groups in total. The molecule has 0 fully saturated rings. The van der Waals surface area contributed by atoms with Gasteiger partial charge < -0.3 is 5.73 Å². The second kappa shape index (κ2) is 4.49. The fourth-order valence-electron chi connectivity index (χ4n) is 1.13. The number of nitrogens with two attached hydrogens (primary N) is 1.